The number of carbonyl (C=O) groups is 1. The van der Waals surface area contributed by atoms with Gasteiger partial charge in [-0.15, -0.1) is 0 Å². The van der Waals surface area contributed by atoms with Crippen molar-refractivity contribution in [3.63, 3.8) is 0 Å². The fourth-order valence-corrected chi connectivity index (χ4v) is 8.26. The van der Waals surface area contributed by atoms with E-state index in [0.717, 1.165) is 30.5 Å². The summed E-state index contributed by atoms with van der Waals surface area (Å²) in [5.74, 6) is -0.0544. The quantitative estimate of drug-likeness (QED) is 0.177. The monoisotopic (exact) mass is 754 g/mol. The zero-order valence-electron chi connectivity index (χ0n) is 27.9. The van der Waals surface area contributed by atoms with E-state index in [4.69, 9.17) is 53.2 Å². The SMILES string of the molecule is CON(C)C(=O)c1nn2c(c1Cl)CN(c1nc(OC[C@@]34CCCN3C/C(=C\F)C4)nc3c1COC(c1cc(N)cc(Cl)c1C(F)(F)F)C3)CCC2. The fourth-order valence-electron chi connectivity index (χ4n) is 7.64. The maximum atomic E-state index is 14.3. The molecule has 2 N–H and O–H groups in total. The van der Waals surface area contributed by atoms with Crippen molar-refractivity contribution in [3.8, 4) is 6.01 Å². The Labute approximate surface area is 301 Å². The van der Waals surface area contributed by atoms with Crippen molar-refractivity contribution in [2.45, 2.75) is 69.6 Å². The van der Waals surface area contributed by atoms with Gasteiger partial charge < -0.3 is 20.1 Å². The summed E-state index contributed by atoms with van der Waals surface area (Å²) >= 11 is 12.8. The number of nitrogen functional groups attached to an aromatic ring is 1. The van der Waals surface area contributed by atoms with Gasteiger partial charge in [0.1, 0.15) is 12.4 Å². The van der Waals surface area contributed by atoms with Crippen LogP contribution in [0.25, 0.3) is 0 Å². The zero-order valence-corrected chi connectivity index (χ0v) is 29.4. The molecule has 4 aliphatic heterocycles. The molecule has 0 spiro atoms. The molecule has 12 nitrogen and oxygen atoms in total. The minimum atomic E-state index is -4.76. The first-order chi connectivity index (χ1) is 24.3. The van der Waals surface area contributed by atoms with Crippen LogP contribution in [0.5, 0.6) is 6.01 Å². The van der Waals surface area contributed by atoms with Gasteiger partial charge in [-0.05, 0) is 55.5 Å². The zero-order chi connectivity index (χ0) is 36.2. The molecule has 6 heterocycles. The molecule has 4 aliphatic rings. The molecule has 0 saturated carbocycles. The Morgan fingerprint density at radius 1 is 1.20 bits per heavy atom. The van der Waals surface area contributed by atoms with E-state index in [9.17, 15) is 22.4 Å². The molecular formula is C33H36Cl2F4N8O4. The predicted molar refractivity (Wildman–Crippen MR) is 179 cm³/mol. The maximum Gasteiger partial charge on any atom is 0.418 e. The number of amides is 1. The van der Waals surface area contributed by atoms with Gasteiger partial charge in [0.05, 0.1) is 65.2 Å². The van der Waals surface area contributed by atoms with Gasteiger partial charge in [-0.2, -0.15) is 28.2 Å². The number of carbonyl (C=O) groups excluding carboxylic acids is 1. The third kappa shape index (κ3) is 6.60. The molecule has 3 aromatic rings. The van der Waals surface area contributed by atoms with Crippen molar-refractivity contribution in [3.05, 3.63) is 67.9 Å². The van der Waals surface area contributed by atoms with Crippen molar-refractivity contribution in [1.29, 1.82) is 0 Å². The number of alkyl halides is 3. The lowest BCUT2D eigenvalue weighted by molar-refractivity contribution is -0.139. The molecule has 0 bridgehead atoms. The standard InChI is InChI=1S/C33H36Cl2F4N8O4/c1-44(49-2)30(48)28-27(35)24-15-45(6-4-8-47(24)43-28)29-21-16-50-25(20-9-19(40)10-22(34)26(20)33(37,38)39)11-23(21)41-31(42-29)51-17-32-5-3-7-46(32)14-18(12-32)13-36/h9-10,13,25H,3-8,11-12,14-17,40H2,1-2H3/b18-13-/t25?,32-/m0/s1. The van der Waals surface area contributed by atoms with Crippen LogP contribution in [-0.2, 0) is 41.9 Å². The number of nitrogens with two attached hydrogens (primary N) is 1. The van der Waals surface area contributed by atoms with E-state index in [2.05, 4.69) is 10.00 Å². The number of aryl methyl sites for hydroxylation is 1. The summed E-state index contributed by atoms with van der Waals surface area (Å²) in [7, 11) is 2.81. The number of aromatic nitrogens is 4. The topological polar surface area (TPSA) is 124 Å². The molecule has 274 valence electrons. The minimum absolute atomic E-state index is 0.0337. The third-order valence-electron chi connectivity index (χ3n) is 10.1. The minimum Gasteiger partial charge on any atom is -0.461 e. The summed E-state index contributed by atoms with van der Waals surface area (Å²) in [6.45, 7) is 2.58. The highest BCUT2D eigenvalue weighted by atomic mass is 35.5. The van der Waals surface area contributed by atoms with E-state index in [1.54, 1.807) is 4.68 Å². The summed E-state index contributed by atoms with van der Waals surface area (Å²) in [4.78, 5) is 31.7. The van der Waals surface area contributed by atoms with E-state index >= 15 is 0 Å². The van der Waals surface area contributed by atoms with E-state index < -0.39 is 34.3 Å². The number of rotatable bonds is 7. The van der Waals surface area contributed by atoms with E-state index in [-0.39, 0.29) is 54.2 Å². The lowest BCUT2D eigenvalue weighted by atomic mass is 9.94. The van der Waals surface area contributed by atoms with Crippen LogP contribution in [0.2, 0.25) is 10.0 Å². The second-order valence-corrected chi connectivity index (χ2v) is 14.1. The van der Waals surface area contributed by atoms with Crippen LogP contribution < -0.4 is 15.4 Å². The van der Waals surface area contributed by atoms with Gasteiger partial charge in [-0.1, -0.05) is 23.2 Å². The van der Waals surface area contributed by atoms with Crippen molar-refractivity contribution >= 4 is 40.6 Å². The number of halogens is 6. The molecule has 1 aromatic carbocycles. The van der Waals surface area contributed by atoms with Gasteiger partial charge in [0.2, 0.25) is 0 Å². The van der Waals surface area contributed by atoms with Crippen LogP contribution in [0.4, 0.5) is 29.1 Å². The van der Waals surface area contributed by atoms with Crippen LogP contribution in [0.3, 0.4) is 0 Å². The Morgan fingerprint density at radius 2 is 2.00 bits per heavy atom. The Bertz CT molecular complexity index is 1890. The van der Waals surface area contributed by atoms with Gasteiger partial charge in [0.25, 0.3) is 5.91 Å². The molecule has 2 atom stereocenters. The number of hydroxylamine groups is 2. The highest BCUT2D eigenvalue weighted by molar-refractivity contribution is 6.34. The largest absolute Gasteiger partial charge is 0.461 e. The first-order valence-electron chi connectivity index (χ1n) is 16.5. The third-order valence-corrected chi connectivity index (χ3v) is 10.8. The van der Waals surface area contributed by atoms with Crippen molar-refractivity contribution in [2.75, 3.05) is 51.0 Å². The molecule has 1 unspecified atom stereocenters. The van der Waals surface area contributed by atoms with E-state index in [1.165, 1.54) is 20.2 Å². The van der Waals surface area contributed by atoms with Crippen LogP contribution in [0.15, 0.2) is 24.0 Å². The summed E-state index contributed by atoms with van der Waals surface area (Å²) in [5, 5.41) is 5.15. The van der Waals surface area contributed by atoms with Crippen LogP contribution in [0, 0.1) is 0 Å². The summed E-state index contributed by atoms with van der Waals surface area (Å²) in [6, 6.07) is 2.33. The normalized spacial score (nSPS) is 22.9. The molecule has 0 radical (unpaired) electrons. The number of ether oxygens (including phenoxy) is 2. The molecule has 7 rings (SSSR count). The second-order valence-electron chi connectivity index (χ2n) is 13.3. The Hall–Kier alpha value is -3.70. The molecule has 2 aromatic heterocycles. The summed E-state index contributed by atoms with van der Waals surface area (Å²) in [5.41, 5.74) is 6.72. The van der Waals surface area contributed by atoms with E-state index in [1.807, 2.05) is 4.90 Å². The van der Waals surface area contributed by atoms with Crippen LogP contribution in [-0.4, -0.2) is 81.6 Å². The predicted octanol–water partition coefficient (Wildman–Crippen LogP) is 5.91. The average Bonchev–Trinajstić information content (AvgIpc) is 3.69. The average molecular weight is 756 g/mol. The lowest BCUT2D eigenvalue weighted by Gasteiger charge is -2.33. The number of benzene rings is 1. The highest BCUT2D eigenvalue weighted by Crippen LogP contribution is 2.45. The second kappa shape index (κ2) is 13.7. The number of hydrogen-bond acceptors (Lipinski definition) is 10. The van der Waals surface area contributed by atoms with E-state index in [0.29, 0.717) is 67.1 Å². The Balaban J connectivity index is 1.26. The maximum absolute atomic E-state index is 14.3. The van der Waals surface area contributed by atoms with Gasteiger partial charge in [0, 0.05) is 44.4 Å². The highest BCUT2D eigenvalue weighted by Gasteiger charge is 2.47. The molecule has 0 aliphatic carbocycles. The molecule has 18 heteroatoms. The fraction of sp³-hybridized carbons (Fsp3) is 0.515. The van der Waals surface area contributed by atoms with Gasteiger partial charge in [-0.3, -0.25) is 19.2 Å². The molecular weight excluding hydrogens is 719 g/mol. The van der Waals surface area contributed by atoms with Gasteiger partial charge in [0.15, 0.2) is 5.69 Å². The van der Waals surface area contributed by atoms with Crippen LogP contribution in [0.1, 0.15) is 70.4 Å². The van der Waals surface area contributed by atoms with Crippen LogP contribution >= 0.6 is 23.2 Å². The number of nitrogens with zero attached hydrogens (tertiary/aromatic N) is 7. The lowest BCUT2D eigenvalue weighted by Crippen LogP contribution is -2.43. The van der Waals surface area contributed by atoms with Gasteiger partial charge >= 0.3 is 12.2 Å². The number of fused-ring (bicyclic) bond motifs is 3. The number of hydrogen-bond donors (Lipinski definition) is 1. The molecule has 2 saturated heterocycles. The molecule has 2 fully saturated rings. The van der Waals surface area contributed by atoms with Crippen molar-refractivity contribution in [1.82, 2.24) is 29.7 Å². The summed E-state index contributed by atoms with van der Waals surface area (Å²) in [6.07, 6.45) is -2.36. The Kier molecular flexibility index (Phi) is 9.58. The van der Waals surface area contributed by atoms with Crippen molar-refractivity contribution < 1.29 is 36.7 Å². The first kappa shape index (κ1) is 35.7. The number of anilines is 2. The van der Waals surface area contributed by atoms with Gasteiger partial charge in [-0.25, -0.2) is 9.45 Å². The van der Waals surface area contributed by atoms with Crippen molar-refractivity contribution in [2.24, 2.45) is 0 Å². The molecule has 51 heavy (non-hydrogen) atoms. The molecule has 1 amide bonds. The first-order valence-corrected chi connectivity index (χ1v) is 17.2. The smallest absolute Gasteiger partial charge is 0.418 e. The summed E-state index contributed by atoms with van der Waals surface area (Å²) < 4.78 is 70.5. The Morgan fingerprint density at radius 3 is 2.75 bits per heavy atom.